The fraction of sp³-hybridized carbons (Fsp3) is 0.632. The second kappa shape index (κ2) is 19.6. The van der Waals surface area contributed by atoms with Crippen molar-refractivity contribution in [2.75, 3.05) is 6.61 Å². The Hall–Kier alpha value is -2.53. The summed E-state index contributed by atoms with van der Waals surface area (Å²) < 4.78 is 41.9. The molecule has 214 valence electrons. The number of nitrogens with zero attached hydrogens (tertiary/aromatic N) is 2. The van der Waals surface area contributed by atoms with Crippen LogP contribution in [-0.2, 0) is 19.1 Å². The minimum atomic E-state index is -4.64. The molecular weight excluding hydrogens is 543 g/mol. The maximum absolute atomic E-state index is 10.6. The van der Waals surface area contributed by atoms with E-state index in [2.05, 4.69) is 11.1 Å². The highest BCUT2D eigenvalue weighted by Crippen LogP contribution is 2.30. The van der Waals surface area contributed by atoms with Crippen LogP contribution in [0.4, 0.5) is 11.4 Å². The number of aromatic carboxylic acids is 1. The van der Waals surface area contributed by atoms with Crippen molar-refractivity contribution < 1.29 is 56.1 Å². The van der Waals surface area contributed by atoms with Crippen LogP contribution in [0.2, 0.25) is 0 Å². The first kappa shape index (κ1) is 36.6. The Morgan fingerprint density at radius 2 is 1.35 bits per heavy atom. The fourth-order valence-corrected chi connectivity index (χ4v) is 3.13. The molecule has 0 aliphatic carbocycles. The number of carboxylic acid groups (broad SMARTS) is 1. The van der Waals surface area contributed by atoms with Gasteiger partial charge < -0.3 is 19.8 Å². The molecule has 0 spiro atoms. The Labute approximate surface area is 213 Å². The van der Waals surface area contributed by atoms with E-state index >= 15 is 0 Å². The molecule has 0 atom stereocenters. The maximum Gasteiger partial charge on any atom is 0.466 e. The molecule has 0 bridgehead atoms. The number of phosphoric acid groups is 1. The predicted octanol–water partition coefficient (Wildman–Crippen LogP) is 4.00. The van der Waals surface area contributed by atoms with Crippen LogP contribution >= 0.6 is 7.82 Å². The van der Waals surface area contributed by atoms with E-state index in [1.807, 2.05) is 0 Å². The van der Waals surface area contributed by atoms with Crippen LogP contribution in [0.25, 0.3) is 0 Å². The monoisotopic (exact) mass is 576 g/mol. The highest BCUT2D eigenvalue weighted by molar-refractivity contribution is 7.80. The highest BCUT2D eigenvalue weighted by atomic mass is 32.3. The third-order valence-electron chi connectivity index (χ3n) is 4.35. The molecule has 0 radical (unpaired) electrons. The second-order valence-corrected chi connectivity index (χ2v) is 9.56. The van der Waals surface area contributed by atoms with Gasteiger partial charge in [0.2, 0.25) is 0 Å². The van der Waals surface area contributed by atoms with Gasteiger partial charge >= 0.3 is 35.6 Å². The summed E-state index contributed by atoms with van der Waals surface area (Å²) in [5.74, 6) is -1.58. The number of hydrogen-bond donors (Lipinski definition) is 5. The standard InChI is InChI=1S/C12H26O4S.C7H4N2O6.H3O4P/c1-2-3-4-5-6-7-8-9-10-11-12-16-17(13,14)15;10-7(11)4-2-1-3-5(8(12)13)6(4)9(14)15;1-5(2,3)4/h2-12H2,1H3,(H,13,14,15);1-3H,(H,10,11);(H3,1,2,3,4). The smallest absolute Gasteiger partial charge is 0.466 e. The largest absolute Gasteiger partial charge is 0.477 e. The van der Waals surface area contributed by atoms with E-state index in [1.54, 1.807) is 0 Å². The molecule has 0 heterocycles. The van der Waals surface area contributed by atoms with E-state index < -0.39 is 51.0 Å². The summed E-state index contributed by atoms with van der Waals surface area (Å²) in [6, 6.07) is 2.90. The Balaban J connectivity index is 0. The Morgan fingerprint density at radius 1 is 0.919 bits per heavy atom. The SMILES string of the molecule is CCCCCCCCCCCCOS(=O)(=O)O.O=C(O)c1cccc([N+](=O)[O-])c1[N+](=O)[O-].O=P(O)(O)O. The molecule has 0 unspecified atom stereocenters. The Kier molecular flexibility index (Phi) is 19.4. The number of carboxylic acids is 1. The molecule has 0 fully saturated rings. The van der Waals surface area contributed by atoms with E-state index in [0.29, 0.717) is 6.42 Å². The average Bonchev–Trinajstić information content (AvgIpc) is 2.75. The Bertz CT molecular complexity index is 956. The van der Waals surface area contributed by atoms with Gasteiger partial charge in [-0.15, -0.1) is 0 Å². The van der Waals surface area contributed by atoms with Crippen LogP contribution in [-0.4, -0.2) is 55.2 Å². The van der Waals surface area contributed by atoms with Crippen molar-refractivity contribution in [3.63, 3.8) is 0 Å². The molecule has 1 aromatic rings. The minimum Gasteiger partial charge on any atom is -0.477 e. The first-order chi connectivity index (χ1) is 17.0. The lowest BCUT2D eigenvalue weighted by molar-refractivity contribution is -0.422. The average molecular weight is 577 g/mol. The summed E-state index contributed by atoms with van der Waals surface area (Å²) in [6.45, 7) is 2.31. The van der Waals surface area contributed by atoms with E-state index in [9.17, 15) is 33.4 Å². The third-order valence-corrected chi connectivity index (χ3v) is 4.82. The summed E-state index contributed by atoms with van der Waals surface area (Å²) in [7, 11) is -8.87. The fourth-order valence-electron chi connectivity index (χ4n) is 2.80. The van der Waals surface area contributed by atoms with Gasteiger partial charge in [0.1, 0.15) is 5.56 Å². The predicted molar refractivity (Wildman–Crippen MR) is 130 cm³/mol. The van der Waals surface area contributed by atoms with E-state index in [4.69, 9.17) is 28.9 Å². The van der Waals surface area contributed by atoms with Crippen molar-refractivity contribution >= 4 is 35.6 Å². The van der Waals surface area contributed by atoms with Gasteiger partial charge in [-0.3, -0.25) is 24.8 Å². The molecule has 1 aromatic carbocycles. The van der Waals surface area contributed by atoms with Gasteiger partial charge in [-0.05, 0) is 12.5 Å². The number of unbranched alkanes of at least 4 members (excludes halogenated alkanes) is 9. The molecule has 0 aromatic heterocycles. The topological polar surface area (TPSA) is 265 Å². The van der Waals surface area contributed by atoms with Crippen LogP contribution in [0.5, 0.6) is 0 Å². The van der Waals surface area contributed by atoms with Crippen LogP contribution < -0.4 is 0 Å². The first-order valence-electron chi connectivity index (χ1n) is 11.1. The summed E-state index contributed by atoms with van der Waals surface area (Å²) >= 11 is 0. The summed E-state index contributed by atoms with van der Waals surface area (Å²) in [5.41, 5.74) is -2.54. The molecule has 0 aliphatic heterocycles. The quantitative estimate of drug-likeness (QED) is 0.0649. The van der Waals surface area contributed by atoms with Gasteiger partial charge in [-0.1, -0.05) is 70.8 Å². The van der Waals surface area contributed by atoms with Crippen molar-refractivity contribution in [1.29, 1.82) is 0 Å². The lowest BCUT2D eigenvalue weighted by atomic mass is 10.1. The molecule has 1 rings (SSSR count). The zero-order valence-corrected chi connectivity index (χ0v) is 21.9. The number of carbonyl (C=O) groups is 1. The molecular formula is C19H33N2O14PS. The number of para-hydroxylation sites is 1. The van der Waals surface area contributed by atoms with Crippen molar-refractivity contribution in [3.8, 4) is 0 Å². The maximum atomic E-state index is 10.6. The van der Waals surface area contributed by atoms with Crippen LogP contribution in [0.3, 0.4) is 0 Å². The van der Waals surface area contributed by atoms with Crippen LogP contribution in [0.15, 0.2) is 18.2 Å². The lowest BCUT2D eigenvalue weighted by Crippen LogP contribution is -2.05. The Morgan fingerprint density at radius 3 is 1.70 bits per heavy atom. The summed E-state index contributed by atoms with van der Waals surface area (Å²) in [4.78, 5) is 51.0. The van der Waals surface area contributed by atoms with E-state index in [1.165, 1.54) is 44.9 Å². The molecule has 0 saturated carbocycles. The van der Waals surface area contributed by atoms with Crippen LogP contribution in [0.1, 0.15) is 81.5 Å². The normalized spacial score (nSPS) is 10.9. The molecule has 16 nitrogen and oxygen atoms in total. The van der Waals surface area contributed by atoms with Crippen molar-refractivity contribution in [3.05, 3.63) is 44.0 Å². The van der Waals surface area contributed by atoms with E-state index in [-0.39, 0.29) is 6.61 Å². The van der Waals surface area contributed by atoms with Crippen molar-refractivity contribution in [2.24, 2.45) is 0 Å². The molecule has 37 heavy (non-hydrogen) atoms. The number of benzene rings is 1. The van der Waals surface area contributed by atoms with Crippen LogP contribution in [0, 0.1) is 20.2 Å². The first-order valence-corrected chi connectivity index (χ1v) is 14.0. The molecule has 5 N–H and O–H groups in total. The zero-order chi connectivity index (χ0) is 29.1. The second-order valence-electron chi connectivity index (χ2n) is 7.44. The van der Waals surface area contributed by atoms with Gasteiger partial charge in [0.15, 0.2) is 0 Å². The number of rotatable bonds is 15. The highest BCUT2D eigenvalue weighted by Gasteiger charge is 2.31. The van der Waals surface area contributed by atoms with Crippen molar-refractivity contribution in [1.82, 2.24) is 0 Å². The summed E-state index contributed by atoms with van der Waals surface area (Å²) in [6.07, 6.45) is 11.9. The van der Waals surface area contributed by atoms with Gasteiger partial charge in [0, 0.05) is 6.07 Å². The number of nitro groups is 2. The lowest BCUT2D eigenvalue weighted by Gasteiger charge is -2.02. The summed E-state index contributed by atoms with van der Waals surface area (Å²) in [5, 5.41) is 29.5. The van der Waals surface area contributed by atoms with Gasteiger partial charge in [0.25, 0.3) is 0 Å². The number of nitro benzene ring substituents is 2. The number of hydrogen-bond acceptors (Lipinski definition) is 9. The third kappa shape index (κ3) is 23.6. The molecule has 18 heteroatoms. The van der Waals surface area contributed by atoms with E-state index in [0.717, 1.165) is 31.0 Å². The minimum absolute atomic E-state index is 0.0926. The van der Waals surface area contributed by atoms with Gasteiger partial charge in [-0.25, -0.2) is 13.5 Å². The molecule has 0 saturated heterocycles. The van der Waals surface area contributed by atoms with Gasteiger partial charge in [-0.2, -0.15) is 8.42 Å². The molecule has 0 amide bonds. The zero-order valence-electron chi connectivity index (χ0n) is 20.2. The van der Waals surface area contributed by atoms with Crippen molar-refractivity contribution in [2.45, 2.75) is 71.1 Å². The van der Waals surface area contributed by atoms with Gasteiger partial charge in [0.05, 0.1) is 16.5 Å². The molecule has 0 aliphatic rings.